The molecule has 0 aliphatic carbocycles. The topological polar surface area (TPSA) is 58.7 Å². The Balaban J connectivity index is 2.07. The maximum absolute atomic E-state index is 9.25. The number of morpholine rings is 1. The van der Waals surface area contributed by atoms with Crippen molar-refractivity contribution in [1.29, 1.82) is 0 Å². The van der Waals surface area contributed by atoms with Crippen molar-refractivity contribution in [1.82, 2.24) is 4.90 Å². The van der Waals surface area contributed by atoms with E-state index < -0.39 is 0 Å². The van der Waals surface area contributed by atoms with Crippen LogP contribution >= 0.6 is 0 Å². The van der Waals surface area contributed by atoms with Crippen LogP contribution in [-0.4, -0.2) is 41.9 Å². The molecule has 0 amide bonds. The molecule has 1 saturated heterocycles. The first kappa shape index (κ1) is 13.3. The molecule has 0 radical (unpaired) electrons. The first-order valence-corrected chi connectivity index (χ1v) is 6.46. The highest BCUT2D eigenvalue weighted by atomic mass is 16.5. The third-order valence-corrected chi connectivity index (χ3v) is 3.52. The molecule has 1 aromatic carbocycles. The minimum atomic E-state index is -0.0787. The number of nitrogen functional groups attached to an aromatic ring is 1. The van der Waals surface area contributed by atoms with E-state index in [-0.39, 0.29) is 18.8 Å². The van der Waals surface area contributed by atoms with E-state index in [1.807, 2.05) is 19.1 Å². The molecule has 3 atom stereocenters. The molecule has 1 aliphatic rings. The number of hydrogen-bond donors (Lipinski definition) is 2. The van der Waals surface area contributed by atoms with Gasteiger partial charge < -0.3 is 15.6 Å². The first-order valence-electron chi connectivity index (χ1n) is 6.46. The fourth-order valence-corrected chi connectivity index (χ4v) is 2.48. The molecule has 0 saturated carbocycles. The van der Waals surface area contributed by atoms with Gasteiger partial charge in [-0.05, 0) is 31.5 Å². The molecule has 0 bridgehead atoms. The van der Waals surface area contributed by atoms with Crippen LogP contribution in [0.1, 0.15) is 25.5 Å². The maximum Gasteiger partial charge on any atom is 0.0936 e. The molecule has 2 rings (SSSR count). The number of nitrogens with two attached hydrogens (primary N) is 1. The van der Waals surface area contributed by atoms with Gasteiger partial charge >= 0.3 is 0 Å². The SMILES string of the molecule is CC1CN(C(C)c2ccc(N)cc2)CC(CO)O1. The highest BCUT2D eigenvalue weighted by Gasteiger charge is 2.28. The van der Waals surface area contributed by atoms with Crippen molar-refractivity contribution in [3.63, 3.8) is 0 Å². The summed E-state index contributed by atoms with van der Waals surface area (Å²) in [6, 6.07) is 8.30. The lowest BCUT2D eigenvalue weighted by Gasteiger charge is -2.39. The van der Waals surface area contributed by atoms with Gasteiger partial charge in [0, 0.05) is 24.8 Å². The van der Waals surface area contributed by atoms with Gasteiger partial charge in [-0.1, -0.05) is 12.1 Å². The van der Waals surface area contributed by atoms with E-state index in [4.69, 9.17) is 10.5 Å². The van der Waals surface area contributed by atoms with E-state index in [9.17, 15) is 5.11 Å². The van der Waals surface area contributed by atoms with E-state index in [0.717, 1.165) is 18.8 Å². The van der Waals surface area contributed by atoms with Gasteiger partial charge in [-0.25, -0.2) is 0 Å². The molecule has 3 unspecified atom stereocenters. The van der Waals surface area contributed by atoms with Crippen molar-refractivity contribution in [2.45, 2.75) is 32.1 Å². The van der Waals surface area contributed by atoms with Crippen molar-refractivity contribution < 1.29 is 9.84 Å². The van der Waals surface area contributed by atoms with Crippen molar-refractivity contribution in [3.8, 4) is 0 Å². The van der Waals surface area contributed by atoms with E-state index in [1.54, 1.807) is 0 Å². The molecule has 4 nitrogen and oxygen atoms in total. The fourth-order valence-electron chi connectivity index (χ4n) is 2.48. The summed E-state index contributed by atoms with van der Waals surface area (Å²) in [7, 11) is 0. The van der Waals surface area contributed by atoms with Gasteiger partial charge in [0.25, 0.3) is 0 Å². The smallest absolute Gasteiger partial charge is 0.0936 e. The van der Waals surface area contributed by atoms with Gasteiger partial charge in [0.05, 0.1) is 18.8 Å². The van der Waals surface area contributed by atoms with Crippen LogP contribution in [0.4, 0.5) is 5.69 Å². The number of hydrogen-bond acceptors (Lipinski definition) is 4. The summed E-state index contributed by atoms with van der Waals surface area (Å²) >= 11 is 0. The van der Waals surface area contributed by atoms with Crippen LogP contribution in [0.3, 0.4) is 0 Å². The van der Waals surface area contributed by atoms with Crippen molar-refractivity contribution >= 4 is 5.69 Å². The zero-order chi connectivity index (χ0) is 13.1. The fraction of sp³-hybridized carbons (Fsp3) is 0.571. The van der Waals surface area contributed by atoms with Crippen molar-refractivity contribution in [3.05, 3.63) is 29.8 Å². The van der Waals surface area contributed by atoms with E-state index in [1.165, 1.54) is 5.56 Å². The Labute approximate surface area is 108 Å². The lowest BCUT2D eigenvalue weighted by Crippen LogP contribution is -2.48. The number of aliphatic hydroxyl groups excluding tert-OH is 1. The van der Waals surface area contributed by atoms with Gasteiger partial charge in [-0.15, -0.1) is 0 Å². The normalized spacial score (nSPS) is 27.1. The van der Waals surface area contributed by atoms with E-state index in [2.05, 4.69) is 24.0 Å². The van der Waals surface area contributed by atoms with Gasteiger partial charge in [0.15, 0.2) is 0 Å². The lowest BCUT2D eigenvalue weighted by atomic mass is 10.0. The average Bonchev–Trinajstić information content (AvgIpc) is 2.38. The standard InChI is InChI=1S/C14H22N2O2/c1-10-7-16(8-14(9-17)18-10)11(2)12-3-5-13(15)6-4-12/h3-6,10-11,14,17H,7-9,15H2,1-2H3. The molecule has 1 aromatic rings. The number of aliphatic hydroxyl groups is 1. The minimum absolute atomic E-state index is 0.0787. The minimum Gasteiger partial charge on any atom is -0.399 e. The molecule has 100 valence electrons. The van der Waals surface area contributed by atoms with Gasteiger partial charge in [0.1, 0.15) is 0 Å². The van der Waals surface area contributed by atoms with E-state index in [0.29, 0.717) is 6.04 Å². The largest absolute Gasteiger partial charge is 0.399 e. The molecule has 1 aliphatic heterocycles. The summed E-state index contributed by atoms with van der Waals surface area (Å²) < 4.78 is 5.66. The quantitative estimate of drug-likeness (QED) is 0.796. The molecule has 1 heterocycles. The van der Waals surface area contributed by atoms with Crippen molar-refractivity contribution in [2.75, 3.05) is 25.4 Å². The molecule has 1 fully saturated rings. The predicted octanol–water partition coefficient (Wildman–Crippen LogP) is 1.41. The van der Waals surface area contributed by atoms with Gasteiger partial charge in [0.2, 0.25) is 0 Å². The molecule has 3 N–H and O–H groups in total. The van der Waals surface area contributed by atoms with Gasteiger partial charge in [-0.3, -0.25) is 4.90 Å². The highest BCUT2D eigenvalue weighted by Crippen LogP contribution is 2.24. The summed E-state index contributed by atoms with van der Waals surface area (Å²) in [6.45, 7) is 5.96. The van der Waals surface area contributed by atoms with E-state index >= 15 is 0 Å². The Morgan fingerprint density at radius 3 is 2.67 bits per heavy atom. The number of rotatable bonds is 3. The summed E-state index contributed by atoms with van der Waals surface area (Å²) in [4.78, 5) is 2.35. The molecule has 18 heavy (non-hydrogen) atoms. The van der Waals surface area contributed by atoms with Crippen LogP contribution in [0, 0.1) is 0 Å². The molecule has 4 heteroatoms. The zero-order valence-electron chi connectivity index (χ0n) is 11.0. The molecular formula is C14H22N2O2. The number of anilines is 1. The summed E-state index contributed by atoms with van der Waals surface area (Å²) in [5.41, 5.74) is 7.74. The Morgan fingerprint density at radius 2 is 2.06 bits per heavy atom. The predicted molar refractivity (Wildman–Crippen MR) is 72.3 cm³/mol. The second kappa shape index (κ2) is 5.69. The third-order valence-electron chi connectivity index (χ3n) is 3.52. The maximum atomic E-state index is 9.25. The number of benzene rings is 1. The Morgan fingerprint density at radius 1 is 1.39 bits per heavy atom. The van der Waals surface area contributed by atoms with Crippen LogP contribution in [0.15, 0.2) is 24.3 Å². The highest BCUT2D eigenvalue weighted by molar-refractivity contribution is 5.40. The van der Waals surface area contributed by atoms with Crippen LogP contribution in [0.5, 0.6) is 0 Å². The molecular weight excluding hydrogens is 228 g/mol. The third kappa shape index (κ3) is 3.02. The van der Waals surface area contributed by atoms with Crippen LogP contribution < -0.4 is 5.73 Å². The zero-order valence-corrected chi connectivity index (χ0v) is 11.0. The monoisotopic (exact) mass is 250 g/mol. The Hall–Kier alpha value is -1.10. The second-order valence-corrected chi connectivity index (χ2v) is 5.05. The lowest BCUT2D eigenvalue weighted by molar-refractivity contribution is -0.104. The second-order valence-electron chi connectivity index (χ2n) is 5.05. The summed E-state index contributed by atoms with van der Waals surface area (Å²) in [5, 5.41) is 9.25. The number of nitrogens with zero attached hydrogens (tertiary/aromatic N) is 1. The summed E-state index contributed by atoms with van der Waals surface area (Å²) in [5.74, 6) is 0. The Kier molecular flexibility index (Phi) is 4.22. The summed E-state index contributed by atoms with van der Waals surface area (Å²) in [6.07, 6.45) is 0.0807. The molecule has 0 spiro atoms. The van der Waals surface area contributed by atoms with Crippen LogP contribution in [0.2, 0.25) is 0 Å². The van der Waals surface area contributed by atoms with Crippen LogP contribution in [0.25, 0.3) is 0 Å². The van der Waals surface area contributed by atoms with Crippen LogP contribution in [-0.2, 0) is 4.74 Å². The average molecular weight is 250 g/mol. The van der Waals surface area contributed by atoms with Crippen molar-refractivity contribution in [2.24, 2.45) is 0 Å². The Bertz CT molecular complexity index is 380. The molecule has 0 aromatic heterocycles. The number of ether oxygens (including phenoxy) is 1. The van der Waals surface area contributed by atoms with Gasteiger partial charge in [-0.2, -0.15) is 0 Å². The first-order chi connectivity index (χ1) is 8.60.